The highest BCUT2D eigenvalue weighted by Gasteiger charge is 2.34. The van der Waals surface area contributed by atoms with E-state index in [9.17, 15) is 13.2 Å². The highest BCUT2D eigenvalue weighted by Crippen LogP contribution is 2.20. The lowest BCUT2D eigenvalue weighted by Crippen LogP contribution is -2.49. The first-order chi connectivity index (χ1) is 10.3. The minimum absolute atomic E-state index is 0.143. The van der Waals surface area contributed by atoms with E-state index in [1.54, 1.807) is 0 Å². The SMILES string of the molecule is CC(C)CN1CCO[C@H](CN[C@@H]2CCN(CC(F)(F)F)C2)C1. The van der Waals surface area contributed by atoms with Crippen LogP contribution < -0.4 is 5.32 Å². The summed E-state index contributed by atoms with van der Waals surface area (Å²) in [5.74, 6) is 0.637. The number of halogens is 3. The Labute approximate surface area is 131 Å². The Kier molecular flexibility index (Phi) is 6.49. The molecule has 2 atom stereocenters. The van der Waals surface area contributed by atoms with Crippen LogP contribution in [0.1, 0.15) is 20.3 Å². The molecule has 0 spiro atoms. The third kappa shape index (κ3) is 6.40. The van der Waals surface area contributed by atoms with Gasteiger partial charge in [0.15, 0.2) is 0 Å². The molecule has 130 valence electrons. The number of nitrogens with zero attached hydrogens (tertiary/aromatic N) is 2. The zero-order valence-corrected chi connectivity index (χ0v) is 13.5. The lowest BCUT2D eigenvalue weighted by molar-refractivity contribution is -0.143. The summed E-state index contributed by atoms with van der Waals surface area (Å²) in [5.41, 5.74) is 0. The van der Waals surface area contributed by atoms with E-state index in [4.69, 9.17) is 4.74 Å². The summed E-state index contributed by atoms with van der Waals surface area (Å²) in [6.45, 7) is 9.01. The van der Waals surface area contributed by atoms with Crippen molar-refractivity contribution < 1.29 is 17.9 Å². The van der Waals surface area contributed by atoms with Gasteiger partial charge in [-0.1, -0.05) is 13.8 Å². The Balaban J connectivity index is 1.66. The average molecular weight is 323 g/mol. The number of hydrogen-bond acceptors (Lipinski definition) is 4. The summed E-state index contributed by atoms with van der Waals surface area (Å²) < 4.78 is 42.9. The van der Waals surface area contributed by atoms with Crippen LogP contribution in [0.5, 0.6) is 0 Å². The minimum atomic E-state index is -4.10. The summed E-state index contributed by atoms with van der Waals surface area (Å²) in [5, 5.41) is 3.38. The number of alkyl halides is 3. The topological polar surface area (TPSA) is 27.7 Å². The Morgan fingerprint density at radius 2 is 1.95 bits per heavy atom. The quantitative estimate of drug-likeness (QED) is 0.803. The van der Waals surface area contributed by atoms with Gasteiger partial charge in [0.25, 0.3) is 0 Å². The molecule has 0 bridgehead atoms. The molecule has 22 heavy (non-hydrogen) atoms. The molecular formula is C15H28F3N3O. The summed E-state index contributed by atoms with van der Waals surface area (Å²) in [6.07, 6.45) is -3.18. The second-order valence-corrected chi connectivity index (χ2v) is 6.89. The zero-order valence-electron chi connectivity index (χ0n) is 13.5. The van der Waals surface area contributed by atoms with E-state index < -0.39 is 12.7 Å². The molecule has 2 rings (SSSR count). The first-order valence-corrected chi connectivity index (χ1v) is 8.18. The molecule has 0 aliphatic carbocycles. The van der Waals surface area contributed by atoms with Crippen LogP contribution in [-0.4, -0.2) is 80.5 Å². The fourth-order valence-electron chi connectivity index (χ4n) is 3.28. The van der Waals surface area contributed by atoms with Gasteiger partial charge in [0, 0.05) is 45.3 Å². The molecule has 0 amide bonds. The summed E-state index contributed by atoms with van der Waals surface area (Å²) >= 11 is 0. The van der Waals surface area contributed by atoms with Crippen LogP contribution in [0.3, 0.4) is 0 Å². The van der Waals surface area contributed by atoms with E-state index in [1.165, 1.54) is 4.90 Å². The fourth-order valence-corrected chi connectivity index (χ4v) is 3.28. The van der Waals surface area contributed by atoms with E-state index in [0.717, 1.165) is 39.2 Å². The standard InChI is InChI=1S/C15H28F3N3O/c1-12(2)8-20-5-6-22-14(10-20)7-19-13-3-4-21(9-13)11-15(16,17)18/h12-14,19H,3-11H2,1-2H3/t13-,14-/m1/s1. The summed E-state index contributed by atoms with van der Waals surface area (Å²) in [6, 6.07) is 0.145. The fraction of sp³-hybridized carbons (Fsp3) is 1.00. The third-order valence-electron chi connectivity index (χ3n) is 4.16. The van der Waals surface area contributed by atoms with Gasteiger partial charge >= 0.3 is 6.18 Å². The van der Waals surface area contributed by atoms with Crippen LogP contribution in [0.2, 0.25) is 0 Å². The van der Waals surface area contributed by atoms with Gasteiger partial charge in [-0.25, -0.2) is 0 Å². The third-order valence-corrected chi connectivity index (χ3v) is 4.16. The van der Waals surface area contributed by atoms with Gasteiger partial charge in [0.2, 0.25) is 0 Å². The summed E-state index contributed by atoms with van der Waals surface area (Å²) in [7, 11) is 0. The zero-order chi connectivity index (χ0) is 16.2. The van der Waals surface area contributed by atoms with E-state index in [2.05, 4.69) is 24.1 Å². The Morgan fingerprint density at radius 1 is 1.18 bits per heavy atom. The maximum Gasteiger partial charge on any atom is 0.401 e. The number of ether oxygens (including phenoxy) is 1. The first-order valence-electron chi connectivity index (χ1n) is 8.18. The van der Waals surface area contributed by atoms with Crippen molar-refractivity contribution in [2.45, 2.75) is 38.6 Å². The van der Waals surface area contributed by atoms with Gasteiger partial charge in [-0.3, -0.25) is 9.80 Å². The van der Waals surface area contributed by atoms with Gasteiger partial charge in [-0.05, 0) is 12.3 Å². The predicted octanol–water partition coefficient (Wildman–Crippen LogP) is 1.57. The number of morpholine rings is 1. The van der Waals surface area contributed by atoms with Crippen LogP contribution in [-0.2, 0) is 4.74 Å². The van der Waals surface area contributed by atoms with Crippen molar-refractivity contribution in [3.63, 3.8) is 0 Å². The predicted molar refractivity (Wildman–Crippen MR) is 79.9 cm³/mol. The van der Waals surface area contributed by atoms with E-state index in [-0.39, 0.29) is 12.1 Å². The Hall–Kier alpha value is -0.370. The van der Waals surface area contributed by atoms with Crippen LogP contribution in [0, 0.1) is 5.92 Å². The highest BCUT2D eigenvalue weighted by molar-refractivity contribution is 4.84. The van der Waals surface area contributed by atoms with Gasteiger partial charge < -0.3 is 10.1 Å². The largest absolute Gasteiger partial charge is 0.401 e. The van der Waals surface area contributed by atoms with Crippen molar-refractivity contribution in [2.75, 3.05) is 52.4 Å². The van der Waals surface area contributed by atoms with E-state index >= 15 is 0 Å². The Morgan fingerprint density at radius 3 is 2.64 bits per heavy atom. The number of hydrogen-bond donors (Lipinski definition) is 1. The van der Waals surface area contributed by atoms with E-state index in [0.29, 0.717) is 19.0 Å². The molecule has 0 aromatic heterocycles. The monoisotopic (exact) mass is 323 g/mol. The van der Waals surface area contributed by atoms with Crippen LogP contribution in [0.15, 0.2) is 0 Å². The molecule has 0 radical (unpaired) electrons. The molecule has 2 fully saturated rings. The number of likely N-dealkylation sites (tertiary alicyclic amines) is 1. The molecule has 2 aliphatic rings. The molecular weight excluding hydrogens is 295 g/mol. The molecule has 4 nitrogen and oxygen atoms in total. The lowest BCUT2D eigenvalue weighted by Gasteiger charge is -2.34. The molecule has 0 unspecified atom stereocenters. The van der Waals surface area contributed by atoms with Crippen molar-refractivity contribution in [3.05, 3.63) is 0 Å². The van der Waals surface area contributed by atoms with Gasteiger partial charge in [0.05, 0.1) is 19.3 Å². The van der Waals surface area contributed by atoms with Crippen molar-refractivity contribution in [2.24, 2.45) is 5.92 Å². The molecule has 2 heterocycles. The van der Waals surface area contributed by atoms with Crippen molar-refractivity contribution in [1.82, 2.24) is 15.1 Å². The van der Waals surface area contributed by atoms with Crippen molar-refractivity contribution in [1.29, 1.82) is 0 Å². The number of nitrogens with one attached hydrogen (secondary N) is 1. The van der Waals surface area contributed by atoms with Gasteiger partial charge in [-0.2, -0.15) is 13.2 Å². The maximum absolute atomic E-state index is 12.4. The molecule has 2 aliphatic heterocycles. The van der Waals surface area contributed by atoms with Gasteiger partial charge in [-0.15, -0.1) is 0 Å². The normalized spacial score (nSPS) is 28.6. The molecule has 0 aromatic carbocycles. The minimum Gasteiger partial charge on any atom is -0.374 e. The number of rotatable bonds is 6. The Bertz CT molecular complexity index is 338. The second kappa shape index (κ2) is 7.95. The molecule has 0 saturated carbocycles. The summed E-state index contributed by atoms with van der Waals surface area (Å²) in [4.78, 5) is 3.88. The van der Waals surface area contributed by atoms with Crippen LogP contribution in [0.4, 0.5) is 13.2 Å². The second-order valence-electron chi connectivity index (χ2n) is 6.89. The molecule has 2 saturated heterocycles. The van der Waals surface area contributed by atoms with Crippen molar-refractivity contribution in [3.8, 4) is 0 Å². The van der Waals surface area contributed by atoms with E-state index in [1.807, 2.05) is 0 Å². The molecule has 7 heteroatoms. The van der Waals surface area contributed by atoms with Crippen LogP contribution in [0.25, 0.3) is 0 Å². The molecule has 1 N–H and O–H groups in total. The highest BCUT2D eigenvalue weighted by atomic mass is 19.4. The lowest BCUT2D eigenvalue weighted by atomic mass is 10.1. The average Bonchev–Trinajstić information content (AvgIpc) is 2.81. The maximum atomic E-state index is 12.4. The molecule has 0 aromatic rings. The van der Waals surface area contributed by atoms with Crippen LogP contribution >= 0.6 is 0 Å². The first kappa shape index (κ1) is 18.0. The van der Waals surface area contributed by atoms with Gasteiger partial charge in [0.1, 0.15) is 0 Å². The van der Waals surface area contributed by atoms with Crippen molar-refractivity contribution >= 4 is 0 Å². The smallest absolute Gasteiger partial charge is 0.374 e.